The predicted octanol–water partition coefficient (Wildman–Crippen LogP) is 3.76. The minimum absolute atomic E-state index is 0.0312. The van der Waals surface area contributed by atoms with E-state index in [4.69, 9.17) is 9.15 Å². The van der Waals surface area contributed by atoms with Crippen LogP contribution in [-0.2, 0) is 11.2 Å². The van der Waals surface area contributed by atoms with Crippen LogP contribution in [0.3, 0.4) is 0 Å². The Bertz CT molecular complexity index is 686. The molecule has 2 rings (SSSR count). The maximum Gasteiger partial charge on any atom is 0.224 e. The number of carbonyl (C=O) groups is 2. The molecule has 23 heavy (non-hydrogen) atoms. The van der Waals surface area contributed by atoms with Crippen molar-refractivity contribution in [1.29, 1.82) is 0 Å². The summed E-state index contributed by atoms with van der Waals surface area (Å²) >= 11 is 0. The van der Waals surface area contributed by atoms with Crippen molar-refractivity contribution in [1.82, 2.24) is 0 Å². The van der Waals surface area contributed by atoms with E-state index in [1.54, 1.807) is 25.1 Å². The molecule has 5 heteroatoms. The Kier molecular flexibility index (Phi) is 5.57. The number of nitrogens with one attached hydrogen (secondary N) is 1. The fourth-order valence-corrected chi connectivity index (χ4v) is 2.28. The minimum Gasteiger partial charge on any atom is -0.494 e. The molecule has 0 saturated heterocycles. The highest BCUT2D eigenvalue weighted by Gasteiger charge is 2.12. The van der Waals surface area contributed by atoms with E-state index >= 15 is 0 Å². The molecule has 0 aliphatic carbocycles. The Balaban J connectivity index is 1.87. The predicted molar refractivity (Wildman–Crippen MR) is 88.0 cm³/mol. The third kappa shape index (κ3) is 4.71. The molecule has 0 spiro atoms. The lowest BCUT2D eigenvalue weighted by Crippen LogP contribution is -2.12. The lowest BCUT2D eigenvalue weighted by molar-refractivity contribution is -0.116. The normalized spacial score (nSPS) is 10.4. The highest BCUT2D eigenvalue weighted by molar-refractivity contribution is 5.95. The molecule has 2 aromatic rings. The molecule has 0 atom stereocenters. The zero-order valence-electron chi connectivity index (χ0n) is 13.6. The molecule has 122 valence electrons. The van der Waals surface area contributed by atoms with Crippen LogP contribution >= 0.6 is 0 Å². The molecule has 0 radical (unpaired) electrons. The second-order valence-corrected chi connectivity index (χ2v) is 5.24. The Labute approximate surface area is 135 Å². The number of aryl methyl sites for hydroxylation is 2. The average Bonchev–Trinajstić information content (AvgIpc) is 2.89. The number of furan rings is 1. The van der Waals surface area contributed by atoms with E-state index in [2.05, 4.69) is 5.32 Å². The van der Waals surface area contributed by atoms with Gasteiger partial charge in [0.15, 0.2) is 5.78 Å². The molecular formula is C18H21NO4. The van der Waals surface area contributed by atoms with Gasteiger partial charge in [0, 0.05) is 18.5 Å². The van der Waals surface area contributed by atoms with Crippen LogP contribution in [0.5, 0.6) is 5.75 Å². The Hall–Kier alpha value is -2.56. The van der Waals surface area contributed by atoms with E-state index in [-0.39, 0.29) is 18.1 Å². The Morgan fingerprint density at radius 3 is 2.48 bits per heavy atom. The lowest BCUT2D eigenvalue weighted by Gasteiger charge is -2.06. The van der Waals surface area contributed by atoms with Gasteiger partial charge in [-0.2, -0.15) is 0 Å². The summed E-state index contributed by atoms with van der Waals surface area (Å²) in [6.45, 7) is 5.78. The summed E-state index contributed by atoms with van der Waals surface area (Å²) in [4.78, 5) is 23.4. The summed E-state index contributed by atoms with van der Waals surface area (Å²) in [5.74, 6) is 1.88. The van der Waals surface area contributed by atoms with Gasteiger partial charge in [0.1, 0.15) is 17.3 Å². The van der Waals surface area contributed by atoms with E-state index in [0.29, 0.717) is 30.1 Å². The Morgan fingerprint density at radius 1 is 1.22 bits per heavy atom. The van der Waals surface area contributed by atoms with Crippen LogP contribution in [0, 0.1) is 6.92 Å². The van der Waals surface area contributed by atoms with Crippen molar-refractivity contribution in [3.05, 3.63) is 47.4 Å². The quantitative estimate of drug-likeness (QED) is 0.790. The van der Waals surface area contributed by atoms with Crippen LogP contribution in [0.2, 0.25) is 0 Å². The number of hydrogen-bond acceptors (Lipinski definition) is 4. The largest absolute Gasteiger partial charge is 0.494 e. The van der Waals surface area contributed by atoms with Crippen LogP contribution in [0.15, 0.2) is 34.7 Å². The van der Waals surface area contributed by atoms with Crippen LogP contribution in [0.1, 0.15) is 42.1 Å². The second kappa shape index (κ2) is 7.63. The molecular weight excluding hydrogens is 294 g/mol. The van der Waals surface area contributed by atoms with Crippen molar-refractivity contribution >= 4 is 17.4 Å². The van der Waals surface area contributed by atoms with Gasteiger partial charge < -0.3 is 14.5 Å². The molecule has 1 aromatic heterocycles. The first-order valence-corrected chi connectivity index (χ1v) is 7.62. The van der Waals surface area contributed by atoms with Crippen molar-refractivity contribution in [2.75, 3.05) is 11.9 Å². The highest BCUT2D eigenvalue weighted by Crippen LogP contribution is 2.18. The molecule has 1 amide bonds. The number of benzene rings is 1. The topological polar surface area (TPSA) is 68.5 Å². The summed E-state index contributed by atoms with van der Waals surface area (Å²) in [5.41, 5.74) is 1.30. The van der Waals surface area contributed by atoms with E-state index < -0.39 is 0 Å². The first-order valence-electron chi connectivity index (χ1n) is 7.62. The molecule has 0 aliphatic rings. The van der Waals surface area contributed by atoms with Crippen molar-refractivity contribution < 1.29 is 18.7 Å². The third-order valence-corrected chi connectivity index (χ3v) is 3.40. The van der Waals surface area contributed by atoms with Crippen LogP contribution in [0.25, 0.3) is 0 Å². The van der Waals surface area contributed by atoms with Crippen molar-refractivity contribution in [3.63, 3.8) is 0 Å². The summed E-state index contributed by atoms with van der Waals surface area (Å²) in [6, 6.07) is 8.94. The molecule has 0 aliphatic heterocycles. The lowest BCUT2D eigenvalue weighted by atomic mass is 10.1. The van der Waals surface area contributed by atoms with Gasteiger partial charge in [-0.1, -0.05) is 0 Å². The van der Waals surface area contributed by atoms with Gasteiger partial charge in [0.25, 0.3) is 0 Å². The monoisotopic (exact) mass is 315 g/mol. The minimum atomic E-state index is -0.104. The van der Waals surface area contributed by atoms with Gasteiger partial charge in [-0.05, 0) is 51.1 Å². The summed E-state index contributed by atoms with van der Waals surface area (Å²) in [7, 11) is 0. The molecule has 1 N–H and O–H groups in total. The number of anilines is 1. The van der Waals surface area contributed by atoms with Crippen molar-refractivity contribution in [2.24, 2.45) is 0 Å². The summed E-state index contributed by atoms with van der Waals surface area (Å²) < 4.78 is 10.9. The number of hydrogen-bond donors (Lipinski definition) is 1. The maximum atomic E-state index is 12.0. The van der Waals surface area contributed by atoms with Crippen molar-refractivity contribution in [3.8, 4) is 5.75 Å². The molecule has 1 heterocycles. The maximum absolute atomic E-state index is 12.0. The number of Topliss-reactive ketones (excluding diaryl/α,β-unsaturated/α-hetero) is 1. The van der Waals surface area contributed by atoms with E-state index in [0.717, 1.165) is 11.4 Å². The van der Waals surface area contributed by atoms with Crippen LogP contribution < -0.4 is 10.1 Å². The first-order chi connectivity index (χ1) is 11.0. The summed E-state index contributed by atoms with van der Waals surface area (Å²) in [5, 5.41) is 2.82. The average molecular weight is 315 g/mol. The van der Waals surface area contributed by atoms with E-state index in [9.17, 15) is 9.59 Å². The molecule has 0 saturated carbocycles. The van der Waals surface area contributed by atoms with Gasteiger partial charge in [0.2, 0.25) is 5.91 Å². The highest BCUT2D eigenvalue weighted by atomic mass is 16.5. The Morgan fingerprint density at radius 2 is 1.91 bits per heavy atom. The van der Waals surface area contributed by atoms with Gasteiger partial charge in [-0.25, -0.2) is 0 Å². The smallest absolute Gasteiger partial charge is 0.224 e. The standard InChI is InChI=1S/C18H21NO4/c1-4-22-15-7-5-14(6-8-15)19-18(21)10-9-16-11-17(12(2)20)13(3)23-16/h5-8,11H,4,9-10H2,1-3H3,(H,19,21). The summed E-state index contributed by atoms with van der Waals surface area (Å²) in [6.07, 6.45) is 0.745. The number of ketones is 1. The van der Waals surface area contributed by atoms with Crippen LogP contribution in [-0.4, -0.2) is 18.3 Å². The molecule has 1 aromatic carbocycles. The SMILES string of the molecule is CCOc1ccc(NC(=O)CCc2cc(C(C)=O)c(C)o2)cc1. The van der Waals surface area contributed by atoms with Gasteiger partial charge in [-0.15, -0.1) is 0 Å². The zero-order chi connectivity index (χ0) is 16.8. The first kappa shape index (κ1) is 16.8. The fourth-order valence-electron chi connectivity index (χ4n) is 2.28. The third-order valence-electron chi connectivity index (χ3n) is 3.40. The van der Waals surface area contributed by atoms with Gasteiger partial charge in [-0.3, -0.25) is 9.59 Å². The van der Waals surface area contributed by atoms with Gasteiger partial charge in [0.05, 0.1) is 12.2 Å². The molecule has 0 bridgehead atoms. The fraction of sp³-hybridized carbons (Fsp3) is 0.333. The zero-order valence-corrected chi connectivity index (χ0v) is 13.6. The number of ether oxygens (including phenoxy) is 1. The van der Waals surface area contributed by atoms with Crippen molar-refractivity contribution in [2.45, 2.75) is 33.6 Å². The second-order valence-electron chi connectivity index (χ2n) is 5.24. The van der Waals surface area contributed by atoms with E-state index in [1.165, 1.54) is 6.92 Å². The molecule has 0 unspecified atom stereocenters. The van der Waals surface area contributed by atoms with Crippen LogP contribution in [0.4, 0.5) is 5.69 Å². The molecule has 0 fully saturated rings. The van der Waals surface area contributed by atoms with Gasteiger partial charge >= 0.3 is 0 Å². The number of amides is 1. The van der Waals surface area contributed by atoms with E-state index in [1.807, 2.05) is 19.1 Å². The number of carbonyl (C=O) groups excluding carboxylic acids is 2. The number of rotatable bonds is 7. The molecule has 5 nitrogen and oxygen atoms in total.